The fourth-order valence-electron chi connectivity index (χ4n) is 4.09. The van der Waals surface area contributed by atoms with Gasteiger partial charge in [-0.25, -0.2) is 29.7 Å². The predicted molar refractivity (Wildman–Crippen MR) is 130 cm³/mol. The summed E-state index contributed by atoms with van der Waals surface area (Å²) in [6.07, 6.45) is 4.62. The molecule has 4 heterocycles. The van der Waals surface area contributed by atoms with Crippen LogP contribution < -0.4 is 4.90 Å². The first-order chi connectivity index (χ1) is 16.7. The molecule has 0 bridgehead atoms. The second-order valence-corrected chi connectivity index (χ2v) is 10.3. The number of hydrogen-bond donors (Lipinski definition) is 1. The zero-order chi connectivity index (χ0) is 24.7. The number of anilines is 1. The molecule has 0 aromatic carbocycles. The van der Waals surface area contributed by atoms with Gasteiger partial charge in [0.1, 0.15) is 5.82 Å². The molecule has 3 aromatic heterocycles. The maximum atomic E-state index is 11.7. The van der Waals surface area contributed by atoms with Crippen molar-refractivity contribution in [1.29, 1.82) is 0 Å². The molecule has 0 atom stereocenters. The standard InChI is InChI=1S/C23H29ClN8O3/c1-23(2,3)32(22(33)34)13-16-25-10-15(11-26-16)18-28-19(30-6-8-35-9-7-30)17-20(29-18)31(21(24)27-17)12-14-4-5-14/h10-11,14H,4-9,12-13H2,1-3H3,(H,33,34). The average Bonchev–Trinajstić information content (AvgIpc) is 3.60. The van der Waals surface area contributed by atoms with Gasteiger partial charge in [0.05, 0.1) is 25.3 Å². The summed E-state index contributed by atoms with van der Waals surface area (Å²) in [7, 11) is 0. The number of fused-ring (bicyclic) bond motifs is 1. The number of rotatable bonds is 6. The molecule has 3 aromatic rings. The molecule has 0 spiro atoms. The Labute approximate surface area is 208 Å². The number of amides is 1. The van der Waals surface area contributed by atoms with Crippen LogP contribution in [0.1, 0.15) is 39.4 Å². The minimum absolute atomic E-state index is 0.0851. The molecule has 1 amide bonds. The molecular formula is C23H29ClN8O3. The number of imidazole rings is 1. The Balaban J connectivity index is 1.52. The molecule has 0 unspecified atom stereocenters. The lowest BCUT2D eigenvalue weighted by atomic mass is 10.1. The van der Waals surface area contributed by atoms with Crippen LogP contribution in [-0.2, 0) is 17.8 Å². The highest BCUT2D eigenvalue weighted by atomic mass is 35.5. The Kier molecular flexibility index (Phi) is 6.22. The highest BCUT2D eigenvalue weighted by Crippen LogP contribution is 2.35. The van der Waals surface area contributed by atoms with E-state index in [1.807, 2.05) is 25.3 Å². The van der Waals surface area contributed by atoms with Crippen molar-refractivity contribution in [3.8, 4) is 11.4 Å². The molecule has 0 radical (unpaired) electrons. The predicted octanol–water partition coefficient (Wildman–Crippen LogP) is 3.46. The van der Waals surface area contributed by atoms with Gasteiger partial charge >= 0.3 is 6.09 Å². The summed E-state index contributed by atoms with van der Waals surface area (Å²) in [6, 6.07) is 0. The fraction of sp³-hybridized carbons (Fsp3) is 0.565. The summed E-state index contributed by atoms with van der Waals surface area (Å²) in [5.74, 6) is 2.20. The fourth-order valence-corrected chi connectivity index (χ4v) is 4.32. The highest BCUT2D eigenvalue weighted by Gasteiger charge is 2.29. The van der Waals surface area contributed by atoms with Gasteiger partial charge in [-0.2, -0.15) is 0 Å². The SMILES string of the molecule is CC(C)(C)N(Cc1ncc(-c2nc(N3CCOCC3)c3nc(Cl)n(CC4CC4)c3n2)cn1)C(=O)O. The Morgan fingerprint density at radius 3 is 2.46 bits per heavy atom. The first kappa shape index (κ1) is 23.7. The summed E-state index contributed by atoms with van der Waals surface area (Å²) in [5.41, 5.74) is 1.44. The van der Waals surface area contributed by atoms with Crippen molar-refractivity contribution in [1.82, 2.24) is 34.4 Å². The lowest BCUT2D eigenvalue weighted by Gasteiger charge is -2.32. The lowest BCUT2D eigenvalue weighted by molar-refractivity contribution is 0.0937. The highest BCUT2D eigenvalue weighted by molar-refractivity contribution is 6.29. The molecule has 1 saturated carbocycles. The van der Waals surface area contributed by atoms with Crippen molar-refractivity contribution in [2.24, 2.45) is 5.92 Å². The monoisotopic (exact) mass is 500 g/mol. The Hall–Kier alpha value is -3.05. The molecule has 12 heteroatoms. The van der Waals surface area contributed by atoms with Gasteiger partial charge in [0, 0.05) is 37.6 Å². The molecule has 1 aliphatic heterocycles. The van der Waals surface area contributed by atoms with E-state index in [9.17, 15) is 9.90 Å². The molecule has 2 fully saturated rings. The molecular weight excluding hydrogens is 472 g/mol. The van der Waals surface area contributed by atoms with E-state index in [0.717, 1.165) is 12.4 Å². The Morgan fingerprint density at radius 2 is 1.86 bits per heavy atom. The number of ether oxygens (including phenoxy) is 1. The average molecular weight is 501 g/mol. The van der Waals surface area contributed by atoms with Gasteiger partial charge in [0.25, 0.3) is 0 Å². The van der Waals surface area contributed by atoms with Crippen LogP contribution in [0.25, 0.3) is 22.6 Å². The molecule has 1 saturated heterocycles. The van der Waals surface area contributed by atoms with E-state index in [2.05, 4.69) is 19.9 Å². The molecule has 2 aliphatic rings. The number of carboxylic acid groups (broad SMARTS) is 1. The van der Waals surface area contributed by atoms with Gasteiger partial charge in [-0.3, -0.25) is 9.47 Å². The molecule has 1 aliphatic carbocycles. The normalized spacial score (nSPS) is 16.6. The summed E-state index contributed by atoms with van der Waals surface area (Å²) in [6.45, 7) is 9.00. The van der Waals surface area contributed by atoms with Crippen molar-refractivity contribution in [2.45, 2.75) is 52.2 Å². The maximum absolute atomic E-state index is 11.7. The van der Waals surface area contributed by atoms with Crippen molar-refractivity contribution in [3.63, 3.8) is 0 Å². The zero-order valence-corrected chi connectivity index (χ0v) is 20.9. The third kappa shape index (κ3) is 5.01. The first-order valence-electron chi connectivity index (χ1n) is 11.8. The van der Waals surface area contributed by atoms with Gasteiger partial charge in [-0.15, -0.1) is 0 Å². The van der Waals surface area contributed by atoms with E-state index in [1.165, 1.54) is 17.7 Å². The van der Waals surface area contributed by atoms with Crippen molar-refractivity contribution in [2.75, 3.05) is 31.2 Å². The van der Waals surface area contributed by atoms with Gasteiger partial charge in [0.15, 0.2) is 22.8 Å². The second-order valence-electron chi connectivity index (χ2n) is 10.0. The number of morpholine rings is 1. The third-order valence-electron chi connectivity index (χ3n) is 6.28. The smallest absolute Gasteiger partial charge is 0.408 e. The van der Waals surface area contributed by atoms with Crippen LogP contribution in [0.4, 0.5) is 10.6 Å². The van der Waals surface area contributed by atoms with E-state index in [-0.39, 0.29) is 6.54 Å². The molecule has 35 heavy (non-hydrogen) atoms. The first-order valence-corrected chi connectivity index (χ1v) is 12.2. The van der Waals surface area contributed by atoms with Crippen LogP contribution in [0.2, 0.25) is 5.28 Å². The van der Waals surface area contributed by atoms with E-state index in [1.54, 1.807) is 12.4 Å². The quantitative estimate of drug-likeness (QED) is 0.507. The van der Waals surface area contributed by atoms with Crippen LogP contribution in [-0.4, -0.2) is 77.4 Å². The molecule has 11 nitrogen and oxygen atoms in total. The number of carbonyl (C=O) groups is 1. The summed E-state index contributed by atoms with van der Waals surface area (Å²) >= 11 is 6.54. The van der Waals surface area contributed by atoms with E-state index in [4.69, 9.17) is 26.3 Å². The summed E-state index contributed by atoms with van der Waals surface area (Å²) in [5, 5.41) is 9.98. The number of aromatic nitrogens is 6. The second kappa shape index (κ2) is 9.19. The Morgan fingerprint density at radius 1 is 1.17 bits per heavy atom. The van der Waals surface area contributed by atoms with Gasteiger partial charge in [-0.05, 0) is 51.1 Å². The summed E-state index contributed by atoms with van der Waals surface area (Å²) < 4.78 is 7.49. The van der Waals surface area contributed by atoms with Gasteiger partial charge in [-0.1, -0.05) is 0 Å². The van der Waals surface area contributed by atoms with Crippen molar-refractivity contribution in [3.05, 3.63) is 23.5 Å². The minimum Gasteiger partial charge on any atom is -0.465 e. The largest absolute Gasteiger partial charge is 0.465 e. The number of nitrogens with zero attached hydrogens (tertiary/aromatic N) is 8. The minimum atomic E-state index is -1.02. The number of halogens is 1. The Bertz CT molecular complexity index is 1230. The van der Waals surface area contributed by atoms with Crippen LogP contribution in [0, 0.1) is 5.92 Å². The molecule has 186 valence electrons. The topological polar surface area (TPSA) is 122 Å². The van der Waals surface area contributed by atoms with Crippen LogP contribution in [0.5, 0.6) is 0 Å². The van der Waals surface area contributed by atoms with Crippen LogP contribution in [0.15, 0.2) is 12.4 Å². The van der Waals surface area contributed by atoms with Crippen molar-refractivity contribution < 1.29 is 14.6 Å². The maximum Gasteiger partial charge on any atom is 0.408 e. The van der Waals surface area contributed by atoms with Crippen LogP contribution >= 0.6 is 11.6 Å². The van der Waals surface area contributed by atoms with E-state index in [0.29, 0.717) is 65.9 Å². The molecule has 5 rings (SSSR count). The number of hydrogen-bond acceptors (Lipinski definition) is 8. The summed E-state index contributed by atoms with van der Waals surface area (Å²) in [4.78, 5) is 38.3. The van der Waals surface area contributed by atoms with Crippen LogP contribution in [0.3, 0.4) is 0 Å². The van der Waals surface area contributed by atoms with E-state index < -0.39 is 11.6 Å². The van der Waals surface area contributed by atoms with E-state index >= 15 is 0 Å². The van der Waals surface area contributed by atoms with Gasteiger partial charge < -0.3 is 14.7 Å². The van der Waals surface area contributed by atoms with Gasteiger partial charge in [0.2, 0.25) is 5.28 Å². The lowest BCUT2D eigenvalue weighted by Crippen LogP contribution is -2.44. The zero-order valence-electron chi connectivity index (χ0n) is 20.1. The molecule has 1 N–H and O–H groups in total. The third-order valence-corrected chi connectivity index (χ3v) is 6.57. The van der Waals surface area contributed by atoms with Crippen molar-refractivity contribution >= 4 is 34.7 Å².